The number of amides is 3. The number of nitrogens with two attached hydrogens (primary N) is 1. The van der Waals surface area contributed by atoms with Crippen LogP contribution in [0.15, 0.2) is 24.3 Å². The van der Waals surface area contributed by atoms with Crippen molar-refractivity contribution in [2.45, 2.75) is 36.7 Å². The highest BCUT2D eigenvalue weighted by molar-refractivity contribution is 5.94. The van der Waals surface area contributed by atoms with Crippen molar-refractivity contribution < 1.29 is 34.1 Å². The summed E-state index contributed by atoms with van der Waals surface area (Å²) in [6.07, 6.45) is -3.87. The SMILES string of the molecule is NC(=O)CNC(=O)[C@@]1(O)C[C@@H](O)[C@H](O)[C@H](NC(=O)c2cccc(F)c2)C1. The van der Waals surface area contributed by atoms with E-state index >= 15 is 0 Å². The number of aliphatic hydroxyl groups is 3. The van der Waals surface area contributed by atoms with Gasteiger partial charge in [0.2, 0.25) is 5.91 Å². The molecule has 10 heteroatoms. The maximum absolute atomic E-state index is 13.2. The Bertz CT molecular complexity index is 715. The van der Waals surface area contributed by atoms with Crippen LogP contribution < -0.4 is 16.4 Å². The average Bonchev–Trinajstić information content (AvgIpc) is 2.57. The summed E-state index contributed by atoms with van der Waals surface area (Å²) >= 11 is 0. The zero-order chi connectivity index (χ0) is 19.5. The number of hydrogen-bond acceptors (Lipinski definition) is 6. The van der Waals surface area contributed by atoms with Gasteiger partial charge in [0.15, 0.2) is 0 Å². The molecule has 1 fully saturated rings. The van der Waals surface area contributed by atoms with Crippen molar-refractivity contribution in [3.05, 3.63) is 35.6 Å². The van der Waals surface area contributed by atoms with Crippen LogP contribution in [-0.4, -0.2) is 63.4 Å². The molecule has 9 nitrogen and oxygen atoms in total. The molecule has 2 rings (SSSR count). The Kier molecular flexibility index (Phi) is 5.90. The van der Waals surface area contributed by atoms with Crippen molar-refractivity contribution >= 4 is 17.7 Å². The van der Waals surface area contributed by atoms with Gasteiger partial charge in [0.05, 0.1) is 18.7 Å². The van der Waals surface area contributed by atoms with E-state index in [1.807, 2.05) is 0 Å². The van der Waals surface area contributed by atoms with Crippen LogP contribution in [0.25, 0.3) is 0 Å². The maximum Gasteiger partial charge on any atom is 0.252 e. The maximum atomic E-state index is 13.2. The van der Waals surface area contributed by atoms with E-state index in [-0.39, 0.29) is 5.56 Å². The summed E-state index contributed by atoms with van der Waals surface area (Å²) < 4.78 is 13.2. The first-order chi connectivity index (χ1) is 12.1. The fourth-order valence-electron chi connectivity index (χ4n) is 2.84. The third-order valence-corrected chi connectivity index (χ3v) is 4.16. The molecule has 0 saturated heterocycles. The van der Waals surface area contributed by atoms with Crippen LogP contribution in [0, 0.1) is 5.82 Å². The van der Waals surface area contributed by atoms with E-state index in [4.69, 9.17) is 5.73 Å². The van der Waals surface area contributed by atoms with E-state index in [1.165, 1.54) is 12.1 Å². The molecule has 7 N–H and O–H groups in total. The van der Waals surface area contributed by atoms with Crippen LogP contribution in [0.4, 0.5) is 4.39 Å². The molecule has 0 bridgehead atoms. The third kappa shape index (κ3) is 4.54. The quantitative estimate of drug-likeness (QED) is 0.344. The molecule has 0 aliphatic heterocycles. The normalized spacial score (nSPS) is 28.2. The van der Waals surface area contributed by atoms with Crippen molar-refractivity contribution in [1.82, 2.24) is 10.6 Å². The van der Waals surface area contributed by atoms with Gasteiger partial charge in [0.1, 0.15) is 17.5 Å². The molecule has 1 aromatic carbocycles. The van der Waals surface area contributed by atoms with Gasteiger partial charge in [0.25, 0.3) is 11.8 Å². The van der Waals surface area contributed by atoms with Gasteiger partial charge in [-0.3, -0.25) is 14.4 Å². The second-order valence-electron chi connectivity index (χ2n) is 6.24. The summed E-state index contributed by atoms with van der Waals surface area (Å²) in [4.78, 5) is 35.0. The Morgan fingerprint density at radius 3 is 2.58 bits per heavy atom. The lowest BCUT2D eigenvalue weighted by Gasteiger charge is -2.41. The van der Waals surface area contributed by atoms with Gasteiger partial charge in [0, 0.05) is 18.4 Å². The molecule has 0 spiro atoms. The minimum Gasteiger partial charge on any atom is -0.390 e. The molecule has 3 amide bonds. The standard InChI is InChI=1S/C16H20FN3O6/c17-9-3-1-2-8(4-9)14(24)20-10-5-16(26,6-11(21)13(10)23)15(25)19-7-12(18)22/h1-4,10-11,13,21,23,26H,5-7H2,(H2,18,22)(H,19,25)(H,20,24)/t10-,11-,13-,16+/m1/s1. The lowest BCUT2D eigenvalue weighted by atomic mass is 9.77. The number of rotatable bonds is 5. The number of aliphatic hydroxyl groups excluding tert-OH is 2. The summed E-state index contributed by atoms with van der Waals surface area (Å²) in [5.41, 5.74) is 2.76. The van der Waals surface area contributed by atoms with Crippen LogP contribution in [0.3, 0.4) is 0 Å². The second kappa shape index (κ2) is 7.77. The molecule has 0 radical (unpaired) electrons. The van der Waals surface area contributed by atoms with Gasteiger partial charge in [-0.05, 0) is 18.2 Å². The lowest BCUT2D eigenvalue weighted by molar-refractivity contribution is -0.158. The summed E-state index contributed by atoms with van der Waals surface area (Å²) in [6, 6.07) is 3.61. The minimum atomic E-state index is -2.13. The van der Waals surface area contributed by atoms with Gasteiger partial charge in [-0.1, -0.05) is 6.07 Å². The van der Waals surface area contributed by atoms with Crippen molar-refractivity contribution in [3.8, 4) is 0 Å². The number of hydrogen-bond donors (Lipinski definition) is 6. The minimum absolute atomic E-state index is 0.0287. The van der Waals surface area contributed by atoms with Crippen LogP contribution in [-0.2, 0) is 9.59 Å². The zero-order valence-corrected chi connectivity index (χ0v) is 13.7. The second-order valence-corrected chi connectivity index (χ2v) is 6.24. The first-order valence-electron chi connectivity index (χ1n) is 7.84. The van der Waals surface area contributed by atoms with E-state index in [0.29, 0.717) is 0 Å². The number of primary amides is 1. The molecule has 26 heavy (non-hydrogen) atoms. The zero-order valence-electron chi connectivity index (χ0n) is 13.7. The average molecular weight is 369 g/mol. The highest BCUT2D eigenvalue weighted by Crippen LogP contribution is 2.29. The van der Waals surface area contributed by atoms with E-state index in [9.17, 15) is 34.1 Å². The first kappa shape index (κ1) is 19.8. The van der Waals surface area contributed by atoms with E-state index < -0.39 is 66.8 Å². The summed E-state index contributed by atoms with van der Waals surface area (Å²) in [5.74, 6) is -3.17. The fourth-order valence-corrected chi connectivity index (χ4v) is 2.84. The highest BCUT2D eigenvalue weighted by atomic mass is 19.1. The van der Waals surface area contributed by atoms with E-state index in [0.717, 1.165) is 12.1 Å². The fraction of sp³-hybridized carbons (Fsp3) is 0.438. The molecule has 4 atom stereocenters. The largest absolute Gasteiger partial charge is 0.390 e. The monoisotopic (exact) mass is 369 g/mol. The van der Waals surface area contributed by atoms with Crippen LogP contribution >= 0.6 is 0 Å². The third-order valence-electron chi connectivity index (χ3n) is 4.16. The summed E-state index contributed by atoms with van der Waals surface area (Å²) in [7, 11) is 0. The Hall–Kier alpha value is -2.56. The van der Waals surface area contributed by atoms with Gasteiger partial charge >= 0.3 is 0 Å². The van der Waals surface area contributed by atoms with Gasteiger partial charge < -0.3 is 31.7 Å². The lowest BCUT2D eigenvalue weighted by Crippen LogP contribution is -2.63. The molecular formula is C16H20FN3O6. The number of nitrogens with one attached hydrogen (secondary N) is 2. The van der Waals surface area contributed by atoms with Crippen LogP contribution in [0.1, 0.15) is 23.2 Å². The molecule has 1 aromatic rings. The molecule has 0 unspecified atom stereocenters. The first-order valence-corrected chi connectivity index (χ1v) is 7.84. The van der Waals surface area contributed by atoms with Gasteiger partial charge in [-0.2, -0.15) is 0 Å². The number of carbonyl (C=O) groups is 3. The van der Waals surface area contributed by atoms with Crippen molar-refractivity contribution in [1.29, 1.82) is 0 Å². The van der Waals surface area contributed by atoms with E-state index in [1.54, 1.807) is 0 Å². The highest BCUT2D eigenvalue weighted by Gasteiger charge is 2.49. The predicted octanol–water partition coefficient (Wildman–Crippen LogP) is -2.23. The van der Waals surface area contributed by atoms with Crippen molar-refractivity contribution in [2.24, 2.45) is 5.73 Å². The van der Waals surface area contributed by atoms with Gasteiger partial charge in [-0.15, -0.1) is 0 Å². The Morgan fingerprint density at radius 1 is 1.27 bits per heavy atom. The molecular weight excluding hydrogens is 349 g/mol. The Labute approximate surface area is 148 Å². The Morgan fingerprint density at radius 2 is 1.96 bits per heavy atom. The molecule has 1 aliphatic rings. The summed E-state index contributed by atoms with van der Waals surface area (Å²) in [6.45, 7) is -0.514. The predicted molar refractivity (Wildman–Crippen MR) is 86.1 cm³/mol. The topological polar surface area (TPSA) is 162 Å². The number of halogens is 1. The smallest absolute Gasteiger partial charge is 0.252 e. The van der Waals surface area contributed by atoms with Crippen LogP contribution in [0.5, 0.6) is 0 Å². The number of benzene rings is 1. The molecule has 0 heterocycles. The van der Waals surface area contributed by atoms with E-state index in [2.05, 4.69) is 10.6 Å². The Balaban J connectivity index is 2.12. The molecule has 142 valence electrons. The molecule has 1 saturated carbocycles. The molecule has 0 aromatic heterocycles. The summed E-state index contributed by atoms with van der Waals surface area (Å²) in [5, 5.41) is 35.0. The van der Waals surface area contributed by atoms with Crippen LogP contribution in [0.2, 0.25) is 0 Å². The van der Waals surface area contributed by atoms with Crippen molar-refractivity contribution in [3.63, 3.8) is 0 Å². The number of carbonyl (C=O) groups excluding carboxylic acids is 3. The van der Waals surface area contributed by atoms with Crippen molar-refractivity contribution in [2.75, 3.05) is 6.54 Å². The molecule has 1 aliphatic carbocycles. The van der Waals surface area contributed by atoms with Gasteiger partial charge in [-0.25, -0.2) is 4.39 Å².